The van der Waals surface area contributed by atoms with Gasteiger partial charge >= 0.3 is 0 Å². The normalized spacial score (nSPS) is 15.8. The molecule has 2 N–H and O–H groups in total. The van der Waals surface area contributed by atoms with Crippen molar-refractivity contribution in [2.75, 3.05) is 20.7 Å². The lowest BCUT2D eigenvalue weighted by atomic mass is 9.88. The third kappa shape index (κ3) is 6.19. The molecular weight excluding hydrogens is 490 g/mol. The maximum atomic E-state index is 10.4. The Labute approximate surface area is 234 Å². The Morgan fingerprint density at radius 3 is 2.18 bits per heavy atom. The van der Waals surface area contributed by atoms with Crippen molar-refractivity contribution < 1.29 is 28.2 Å². The average molecular weight is 529 g/mol. The molecule has 1 unspecified atom stereocenters. The fourth-order valence-corrected chi connectivity index (χ4v) is 5.06. The number of benzene rings is 4. The molecule has 202 valence electrons. The van der Waals surface area contributed by atoms with Crippen LogP contribution in [0.3, 0.4) is 0 Å². The predicted molar refractivity (Wildman–Crippen MR) is 152 cm³/mol. The van der Waals surface area contributed by atoms with Crippen LogP contribution in [0.25, 0.3) is 0 Å². The third-order valence-electron chi connectivity index (χ3n) is 7.06. The summed E-state index contributed by atoms with van der Waals surface area (Å²) in [6.45, 7) is 1.15. The molecule has 1 aliphatic heterocycles. The van der Waals surface area contributed by atoms with Crippen molar-refractivity contribution in [2.45, 2.75) is 38.7 Å². The van der Waals surface area contributed by atoms with Crippen molar-refractivity contribution in [1.29, 1.82) is 0 Å². The molecule has 0 aliphatic carbocycles. The van der Waals surface area contributed by atoms with E-state index in [1.54, 1.807) is 13.2 Å². The Balaban J connectivity index is 1.43. The summed E-state index contributed by atoms with van der Waals surface area (Å²) in [5, 5.41) is 14.0. The first-order valence-electron chi connectivity index (χ1n) is 14.6. The highest BCUT2D eigenvalue weighted by Crippen LogP contribution is 2.39. The van der Waals surface area contributed by atoms with Gasteiger partial charge in [-0.1, -0.05) is 66.7 Å². The van der Waals surface area contributed by atoms with E-state index in [0.29, 0.717) is 48.8 Å². The van der Waals surface area contributed by atoms with Gasteiger partial charge in [0, 0.05) is 11.6 Å². The fourth-order valence-electron chi connectivity index (χ4n) is 5.06. The van der Waals surface area contributed by atoms with Crippen LogP contribution in [0.15, 0.2) is 84.9 Å². The van der Waals surface area contributed by atoms with Crippen LogP contribution in [0.5, 0.6) is 23.0 Å². The summed E-state index contributed by atoms with van der Waals surface area (Å²) in [6, 6.07) is 26.9. The minimum Gasteiger partial charge on any atom is -0.493 e. The van der Waals surface area contributed by atoms with E-state index in [-0.39, 0.29) is 25.0 Å². The fraction of sp³-hybridized carbons (Fsp3) is 0.273. The van der Waals surface area contributed by atoms with Crippen LogP contribution in [0, 0.1) is 0 Å². The summed E-state index contributed by atoms with van der Waals surface area (Å²) >= 11 is 0. The molecule has 4 aromatic rings. The minimum absolute atomic E-state index is 0.110. The van der Waals surface area contributed by atoms with Crippen LogP contribution in [-0.2, 0) is 32.7 Å². The molecule has 0 amide bonds. The van der Waals surface area contributed by atoms with Crippen LogP contribution in [-0.4, -0.2) is 25.8 Å². The smallest absolute Gasteiger partial charge is 0.166 e. The van der Waals surface area contributed by atoms with Crippen LogP contribution < -0.4 is 24.3 Å². The van der Waals surface area contributed by atoms with E-state index in [2.05, 4.69) is 5.32 Å². The van der Waals surface area contributed by atoms with Crippen molar-refractivity contribution in [2.24, 2.45) is 0 Å². The van der Waals surface area contributed by atoms with Crippen molar-refractivity contribution in [3.63, 3.8) is 0 Å². The van der Waals surface area contributed by atoms with Gasteiger partial charge < -0.3 is 29.4 Å². The van der Waals surface area contributed by atoms with Crippen LogP contribution in [0.1, 0.15) is 43.5 Å². The van der Waals surface area contributed by atoms with Crippen LogP contribution >= 0.6 is 0 Å². The van der Waals surface area contributed by atoms with E-state index in [1.807, 2.05) is 78.9 Å². The molecule has 0 fully saturated rings. The highest BCUT2D eigenvalue weighted by Gasteiger charge is 2.25. The van der Waals surface area contributed by atoms with Gasteiger partial charge in [0.15, 0.2) is 23.0 Å². The summed E-state index contributed by atoms with van der Waals surface area (Å²) in [4.78, 5) is 0. The second-order valence-electron chi connectivity index (χ2n) is 9.50. The third-order valence-corrected chi connectivity index (χ3v) is 7.06. The highest BCUT2D eigenvalue weighted by atomic mass is 16.5. The van der Waals surface area contributed by atoms with Gasteiger partial charge in [-0.15, -0.1) is 0 Å². The van der Waals surface area contributed by atoms with Gasteiger partial charge in [0.05, 0.1) is 24.9 Å². The van der Waals surface area contributed by atoms with Gasteiger partial charge in [0.2, 0.25) is 0 Å². The molecule has 1 heterocycles. The first kappa shape index (κ1) is 22.9. The van der Waals surface area contributed by atoms with Crippen molar-refractivity contribution in [1.82, 2.24) is 5.32 Å². The molecule has 1 atom stereocenters. The van der Waals surface area contributed by atoms with Crippen molar-refractivity contribution in [3.05, 3.63) is 118 Å². The molecule has 6 nitrogen and oxygen atoms in total. The van der Waals surface area contributed by atoms with Crippen molar-refractivity contribution in [3.8, 4) is 23.0 Å². The first-order chi connectivity index (χ1) is 20.3. The van der Waals surface area contributed by atoms with Gasteiger partial charge in [-0.25, -0.2) is 0 Å². The molecule has 6 heteroatoms. The molecule has 0 aromatic heterocycles. The highest BCUT2D eigenvalue weighted by molar-refractivity contribution is 5.53. The Morgan fingerprint density at radius 2 is 1.54 bits per heavy atom. The molecule has 0 saturated heterocycles. The largest absolute Gasteiger partial charge is 0.493 e. The van der Waals surface area contributed by atoms with E-state index < -0.39 is 7.04 Å². The number of aliphatic hydroxyl groups excluding tert-OH is 1. The Kier molecular flexibility index (Phi) is 7.47. The zero-order valence-corrected chi connectivity index (χ0v) is 22.0. The second-order valence-corrected chi connectivity index (χ2v) is 9.50. The summed E-state index contributed by atoms with van der Waals surface area (Å²) in [6.07, 6.45) is 1.28. The SMILES string of the molecule is [2H]C([2H])([2H])Oc1cc2c(cc1OCc1ccccc1)C(Cc1ccc(OCc3ccccc3)c(OC)c1CO)NCC2. The van der Waals surface area contributed by atoms with Gasteiger partial charge in [-0.2, -0.15) is 0 Å². The summed E-state index contributed by atoms with van der Waals surface area (Å²) < 4.78 is 46.3. The number of aliphatic hydroxyl groups is 1. The van der Waals surface area contributed by atoms with Crippen LogP contribution in [0.2, 0.25) is 0 Å². The molecule has 5 rings (SSSR count). The predicted octanol–water partition coefficient (Wildman–Crippen LogP) is 5.78. The Hall–Kier alpha value is -4.00. The lowest BCUT2D eigenvalue weighted by molar-refractivity contribution is 0.257. The number of hydrogen-bond donors (Lipinski definition) is 2. The number of nitrogens with one attached hydrogen (secondary N) is 1. The lowest BCUT2D eigenvalue weighted by Gasteiger charge is -2.29. The maximum Gasteiger partial charge on any atom is 0.166 e. The first-order valence-corrected chi connectivity index (χ1v) is 13.1. The summed E-state index contributed by atoms with van der Waals surface area (Å²) in [5.74, 6) is 1.64. The van der Waals surface area contributed by atoms with E-state index >= 15 is 0 Å². The van der Waals surface area contributed by atoms with E-state index in [1.165, 1.54) is 0 Å². The topological polar surface area (TPSA) is 69.2 Å². The van der Waals surface area contributed by atoms with E-state index in [0.717, 1.165) is 27.8 Å². The summed E-state index contributed by atoms with van der Waals surface area (Å²) in [5.41, 5.74) is 5.56. The molecular formula is C33H35NO5. The Bertz CT molecular complexity index is 1480. The van der Waals surface area contributed by atoms with E-state index in [9.17, 15) is 5.11 Å². The zero-order valence-electron chi connectivity index (χ0n) is 25.0. The zero-order chi connectivity index (χ0) is 29.5. The van der Waals surface area contributed by atoms with Crippen LogP contribution in [0.4, 0.5) is 0 Å². The molecule has 1 aliphatic rings. The standard InChI is InChI=1S/C33H35NO5/c1-36-31-18-26-15-16-34-29(27(26)19-32(31)39-22-24-11-7-4-8-12-24)17-25-13-14-30(33(37-2)28(25)20-35)38-21-23-9-5-3-6-10-23/h3-14,18-19,29,34-35H,15-17,20-22H2,1-2H3/i1D3. The molecule has 0 bridgehead atoms. The van der Waals surface area contributed by atoms with Crippen molar-refractivity contribution >= 4 is 0 Å². The molecule has 4 aromatic carbocycles. The molecule has 39 heavy (non-hydrogen) atoms. The number of hydrogen-bond acceptors (Lipinski definition) is 6. The molecule has 0 saturated carbocycles. The summed E-state index contributed by atoms with van der Waals surface area (Å²) in [7, 11) is -1.03. The average Bonchev–Trinajstić information content (AvgIpc) is 2.99. The molecule has 0 radical (unpaired) electrons. The van der Waals surface area contributed by atoms with E-state index in [4.69, 9.17) is 23.1 Å². The maximum absolute atomic E-state index is 10.4. The number of fused-ring (bicyclic) bond motifs is 1. The monoisotopic (exact) mass is 528 g/mol. The second kappa shape index (κ2) is 12.7. The van der Waals surface area contributed by atoms with Gasteiger partial charge in [0.1, 0.15) is 13.2 Å². The molecule has 0 spiro atoms. The lowest BCUT2D eigenvalue weighted by Crippen LogP contribution is -2.31. The quantitative estimate of drug-likeness (QED) is 0.257. The minimum atomic E-state index is -2.61. The number of rotatable bonds is 11. The van der Waals surface area contributed by atoms with Gasteiger partial charge in [-0.05, 0) is 65.4 Å². The number of methoxy groups -OCH3 is 2. The Morgan fingerprint density at radius 1 is 0.846 bits per heavy atom. The number of ether oxygens (including phenoxy) is 4. The van der Waals surface area contributed by atoms with Gasteiger partial charge in [0.25, 0.3) is 0 Å². The van der Waals surface area contributed by atoms with Gasteiger partial charge in [-0.3, -0.25) is 0 Å².